The van der Waals surface area contributed by atoms with Gasteiger partial charge in [-0.1, -0.05) is 0 Å². The van der Waals surface area contributed by atoms with E-state index < -0.39 is 0 Å². The Hall–Kier alpha value is -0.900. The van der Waals surface area contributed by atoms with Crippen LogP contribution in [-0.4, -0.2) is 14.8 Å². The summed E-state index contributed by atoms with van der Waals surface area (Å²) in [5.41, 5.74) is 5.74. The lowest BCUT2D eigenvalue weighted by Gasteiger charge is -1.94. The normalized spacial score (nSPS) is 23.2. The second kappa shape index (κ2) is 1.79. The number of hydrogen-bond donors (Lipinski definition) is 1. The summed E-state index contributed by atoms with van der Waals surface area (Å²) in [6, 6.07) is 0.112. The Balaban J connectivity index is 2.49. The van der Waals surface area contributed by atoms with Crippen molar-refractivity contribution in [1.82, 2.24) is 14.8 Å². The number of nitrogens with two attached hydrogens (primary N) is 1. The molecule has 2 rings (SSSR count). The first kappa shape index (κ1) is 5.85. The van der Waals surface area contributed by atoms with Gasteiger partial charge in [0.1, 0.15) is 11.6 Å². The van der Waals surface area contributed by atoms with Crippen molar-refractivity contribution < 1.29 is 0 Å². The van der Waals surface area contributed by atoms with Gasteiger partial charge in [0, 0.05) is 6.54 Å². The molecule has 1 aliphatic heterocycles. The Morgan fingerprint density at radius 3 is 3.20 bits per heavy atom. The van der Waals surface area contributed by atoms with Crippen molar-refractivity contribution in [3.63, 3.8) is 0 Å². The van der Waals surface area contributed by atoms with Crippen molar-refractivity contribution in [2.45, 2.75) is 25.9 Å². The van der Waals surface area contributed by atoms with Crippen LogP contribution in [-0.2, 0) is 6.54 Å². The summed E-state index contributed by atoms with van der Waals surface area (Å²) in [5.74, 6) is 1.77. The largest absolute Gasteiger partial charge is 0.321 e. The Bertz CT molecular complexity index is 252. The maximum Gasteiger partial charge on any atom is 0.147 e. The summed E-state index contributed by atoms with van der Waals surface area (Å²) in [6.45, 7) is 2.81. The number of nitrogens with zero attached hydrogens (tertiary/aromatic N) is 3. The summed E-state index contributed by atoms with van der Waals surface area (Å²) < 4.78 is 1.89. The van der Waals surface area contributed by atoms with E-state index in [-0.39, 0.29) is 6.04 Å². The zero-order chi connectivity index (χ0) is 7.14. The Morgan fingerprint density at radius 2 is 2.50 bits per heavy atom. The lowest BCUT2D eigenvalue weighted by atomic mass is 10.3. The number of hydrogen-bond acceptors (Lipinski definition) is 3. The van der Waals surface area contributed by atoms with Crippen LogP contribution in [0.1, 0.15) is 24.1 Å². The van der Waals surface area contributed by atoms with E-state index in [1.807, 2.05) is 11.6 Å². The molecule has 0 aliphatic carbocycles. The number of aryl methyl sites for hydroxylation is 2. The Kier molecular flexibility index (Phi) is 1.05. The number of aromatic nitrogens is 3. The van der Waals surface area contributed by atoms with Gasteiger partial charge in [0.15, 0.2) is 0 Å². The van der Waals surface area contributed by atoms with Crippen LogP contribution in [0.25, 0.3) is 0 Å². The average Bonchev–Trinajstić information content (AvgIpc) is 2.35. The molecule has 1 aliphatic rings. The zero-order valence-corrected chi connectivity index (χ0v) is 5.91. The number of rotatable bonds is 0. The van der Waals surface area contributed by atoms with Gasteiger partial charge in [-0.2, -0.15) is 5.10 Å². The van der Waals surface area contributed by atoms with Gasteiger partial charge in [0.2, 0.25) is 0 Å². The molecule has 0 saturated carbocycles. The van der Waals surface area contributed by atoms with Crippen LogP contribution in [0.2, 0.25) is 0 Å². The van der Waals surface area contributed by atoms with Gasteiger partial charge >= 0.3 is 0 Å². The lowest BCUT2D eigenvalue weighted by molar-refractivity contribution is 0.630. The fourth-order valence-electron chi connectivity index (χ4n) is 1.30. The van der Waals surface area contributed by atoms with E-state index in [0.717, 1.165) is 24.6 Å². The van der Waals surface area contributed by atoms with E-state index >= 15 is 0 Å². The molecule has 0 saturated heterocycles. The third kappa shape index (κ3) is 0.654. The molecular formula is C6H10N4. The van der Waals surface area contributed by atoms with E-state index in [4.69, 9.17) is 5.73 Å². The fourth-order valence-corrected chi connectivity index (χ4v) is 1.30. The van der Waals surface area contributed by atoms with Crippen LogP contribution in [0, 0.1) is 6.92 Å². The minimum atomic E-state index is 0.112. The first-order chi connectivity index (χ1) is 4.77. The molecule has 0 spiro atoms. The smallest absolute Gasteiger partial charge is 0.147 e. The van der Waals surface area contributed by atoms with Crippen molar-refractivity contribution in [1.29, 1.82) is 0 Å². The lowest BCUT2D eigenvalue weighted by Crippen LogP contribution is -2.06. The van der Waals surface area contributed by atoms with Crippen LogP contribution < -0.4 is 5.73 Å². The molecule has 0 bridgehead atoms. The number of fused-ring (bicyclic) bond motifs is 1. The molecular weight excluding hydrogens is 128 g/mol. The van der Waals surface area contributed by atoms with Gasteiger partial charge in [0.25, 0.3) is 0 Å². The predicted molar refractivity (Wildman–Crippen MR) is 36.3 cm³/mol. The SMILES string of the molecule is Cc1nc2n(n1)CCC2N. The predicted octanol–water partition coefficient (Wildman–Crippen LogP) is -0.00998. The van der Waals surface area contributed by atoms with Crippen molar-refractivity contribution in [2.75, 3.05) is 0 Å². The van der Waals surface area contributed by atoms with E-state index in [1.165, 1.54) is 0 Å². The van der Waals surface area contributed by atoms with Gasteiger partial charge in [-0.25, -0.2) is 9.67 Å². The first-order valence-electron chi connectivity index (χ1n) is 3.44. The van der Waals surface area contributed by atoms with Crippen LogP contribution >= 0.6 is 0 Å². The van der Waals surface area contributed by atoms with E-state index in [9.17, 15) is 0 Å². The van der Waals surface area contributed by atoms with Crippen LogP contribution in [0.5, 0.6) is 0 Å². The van der Waals surface area contributed by atoms with Crippen LogP contribution in [0.15, 0.2) is 0 Å². The maximum atomic E-state index is 5.74. The van der Waals surface area contributed by atoms with Crippen LogP contribution in [0.4, 0.5) is 0 Å². The summed E-state index contributed by atoms with van der Waals surface area (Å²) in [5, 5.41) is 4.17. The molecule has 4 nitrogen and oxygen atoms in total. The summed E-state index contributed by atoms with van der Waals surface area (Å²) in [4.78, 5) is 4.20. The van der Waals surface area contributed by atoms with Crippen molar-refractivity contribution >= 4 is 0 Å². The highest BCUT2D eigenvalue weighted by Gasteiger charge is 2.21. The van der Waals surface area contributed by atoms with Gasteiger partial charge in [-0.15, -0.1) is 0 Å². The third-order valence-corrected chi connectivity index (χ3v) is 1.79. The third-order valence-electron chi connectivity index (χ3n) is 1.79. The maximum absolute atomic E-state index is 5.74. The van der Waals surface area contributed by atoms with Gasteiger partial charge in [0.05, 0.1) is 6.04 Å². The topological polar surface area (TPSA) is 56.7 Å². The average molecular weight is 138 g/mol. The second-order valence-corrected chi connectivity index (χ2v) is 2.64. The molecule has 0 amide bonds. The van der Waals surface area contributed by atoms with Crippen molar-refractivity contribution in [2.24, 2.45) is 5.73 Å². The Morgan fingerprint density at radius 1 is 1.70 bits per heavy atom. The molecule has 10 heavy (non-hydrogen) atoms. The molecule has 2 heterocycles. The molecule has 0 fully saturated rings. The molecule has 54 valence electrons. The molecule has 1 unspecified atom stereocenters. The standard InChI is InChI=1S/C6H10N4/c1-4-8-6-5(7)2-3-10(6)9-4/h5H,2-3,7H2,1H3. The summed E-state index contributed by atoms with van der Waals surface area (Å²) in [6.07, 6.45) is 0.982. The van der Waals surface area contributed by atoms with Crippen LogP contribution in [0.3, 0.4) is 0 Å². The Labute approximate surface area is 59.1 Å². The molecule has 2 N–H and O–H groups in total. The highest BCUT2D eigenvalue weighted by Crippen LogP contribution is 2.19. The molecule has 1 aromatic rings. The highest BCUT2D eigenvalue weighted by molar-refractivity contribution is 5.01. The van der Waals surface area contributed by atoms with Gasteiger partial charge in [-0.05, 0) is 13.3 Å². The van der Waals surface area contributed by atoms with E-state index in [0.29, 0.717) is 0 Å². The summed E-state index contributed by atoms with van der Waals surface area (Å²) >= 11 is 0. The summed E-state index contributed by atoms with van der Waals surface area (Å²) in [7, 11) is 0. The minimum Gasteiger partial charge on any atom is -0.321 e. The second-order valence-electron chi connectivity index (χ2n) is 2.64. The minimum absolute atomic E-state index is 0.112. The zero-order valence-electron chi connectivity index (χ0n) is 5.91. The van der Waals surface area contributed by atoms with Gasteiger partial charge in [-0.3, -0.25) is 0 Å². The van der Waals surface area contributed by atoms with Gasteiger partial charge < -0.3 is 5.73 Å². The van der Waals surface area contributed by atoms with E-state index in [2.05, 4.69) is 10.1 Å². The molecule has 1 aromatic heterocycles. The molecule has 4 heteroatoms. The monoisotopic (exact) mass is 138 g/mol. The van der Waals surface area contributed by atoms with Crippen molar-refractivity contribution in [3.05, 3.63) is 11.6 Å². The highest BCUT2D eigenvalue weighted by atomic mass is 15.4. The first-order valence-corrected chi connectivity index (χ1v) is 3.44. The van der Waals surface area contributed by atoms with E-state index in [1.54, 1.807) is 0 Å². The fraction of sp³-hybridized carbons (Fsp3) is 0.667. The molecule has 0 aromatic carbocycles. The van der Waals surface area contributed by atoms with Crippen molar-refractivity contribution in [3.8, 4) is 0 Å². The molecule has 0 radical (unpaired) electrons. The molecule has 1 atom stereocenters. The quantitative estimate of drug-likeness (QED) is 0.548.